The monoisotopic (exact) mass is 359 g/mol. The Balaban J connectivity index is 2.31. The molecular weight excluding hydrogens is 349 g/mol. The molecule has 2 rings (SSSR count). The van der Waals surface area contributed by atoms with E-state index in [0.29, 0.717) is 16.8 Å². The van der Waals surface area contributed by atoms with E-state index < -0.39 is 0 Å². The van der Waals surface area contributed by atoms with Crippen LogP contribution in [0.2, 0.25) is 5.02 Å². The Kier molecular flexibility index (Phi) is 4.71. The van der Waals surface area contributed by atoms with Gasteiger partial charge in [-0.25, -0.2) is 4.98 Å². The molecule has 2 aromatic rings. The van der Waals surface area contributed by atoms with E-state index in [1.165, 1.54) is 0 Å². The molecule has 0 bridgehead atoms. The Labute approximate surface area is 130 Å². The zero-order valence-corrected chi connectivity index (χ0v) is 13.6. The first-order valence-corrected chi connectivity index (χ1v) is 7.37. The van der Waals surface area contributed by atoms with Gasteiger partial charge in [0.1, 0.15) is 5.75 Å². The molecule has 0 unspecified atom stereocenters. The molecule has 0 radical (unpaired) electrons. The highest BCUT2D eigenvalue weighted by molar-refractivity contribution is 9.10. The van der Waals surface area contributed by atoms with E-state index in [-0.39, 0.29) is 0 Å². The highest BCUT2D eigenvalue weighted by atomic mass is 79.9. The van der Waals surface area contributed by atoms with Gasteiger partial charge in [0, 0.05) is 22.6 Å². The molecule has 0 saturated heterocycles. The van der Waals surface area contributed by atoms with Crippen LogP contribution in [-0.2, 0) is 5.88 Å². The first-order chi connectivity index (χ1) is 9.01. The molecule has 0 amide bonds. The Morgan fingerprint density at radius 2 is 1.84 bits per heavy atom. The van der Waals surface area contributed by atoms with Crippen LogP contribution in [0.5, 0.6) is 11.6 Å². The second-order valence-corrected chi connectivity index (χ2v) is 5.69. The van der Waals surface area contributed by atoms with Crippen LogP contribution in [-0.4, -0.2) is 4.98 Å². The van der Waals surface area contributed by atoms with Gasteiger partial charge in [-0.1, -0.05) is 27.5 Å². The average molecular weight is 361 g/mol. The summed E-state index contributed by atoms with van der Waals surface area (Å²) < 4.78 is 6.83. The van der Waals surface area contributed by atoms with Crippen LogP contribution < -0.4 is 4.74 Å². The molecule has 0 fully saturated rings. The summed E-state index contributed by atoms with van der Waals surface area (Å²) in [5, 5.41) is 0.547. The summed E-state index contributed by atoms with van der Waals surface area (Å²) in [4.78, 5) is 4.14. The summed E-state index contributed by atoms with van der Waals surface area (Å²) in [6, 6.07) is 5.66. The Morgan fingerprint density at radius 1 is 1.21 bits per heavy atom. The van der Waals surface area contributed by atoms with E-state index in [2.05, 4.69) is 20.9 Å². The van der Waals surface area contributed by atoms with Crippen molar-refractivity contribution in [2.24, 2.45) is 0 Å². The molecule has 0 aliphatic rings. The number of aromatic nitrogens is 1. The minimum Gasteiger partial charge on any atom is -0.439 e. The summed E-state index contributed by atoms with van der Waals surface area (Å²) in [7, 11) is 0. The van der Waals surface area contributed by atoms with Crippen molar-refractivity contribution < 1.29 is 4.74 Å². The average Bonchev–Trinajstić information content (AvgIpc) is 2.38. The van der Waals surface area contributed by atoms with Crippen LogP contribution in [0.1, 0.15) is 16.7 Å². The summed E-state index contributed by atoms with van der Waals surface area (Å²) in [5.41, 5.74) is 3.03. The van der Waals surface area contributed by atoms with Gasteiger partial charge < -0.3 is 4.74 Å². The van der Waals surface area contributed by atoms with E-state index in [1.807, 2.05) is 26.0 Å². The summed E-state index contributed by atoms with van der Waals surface area (Å²) in [6.07, 6.45) is 1.55. The van der Waals surface area contributed by atoms with Crippen molar-refractivity contribution in [1.82, 2.24) is 4.98 Å². The van der Waals surface area contributed by atoms with Gasteiger partial charge in [0.25, 0.3) is 0 Å². The topological polar surface area (TPSA) is 22.1 Å². The summed E-state index contributed by atoms with van der Waals surface area (Å²) >= 11 is 15.3. The number of alkyl halides is 1. The third-order valence-corrected chi connectivity index (χ3v) is 4.57. The third-order valence-electron chi connectivity index (χ3n) is 2.69. The van der Waals surface area contributed by atoms with Crippen LogP contribution in [0.25, 0.3) is 0 Å². The molecule has 1 aromatic carbocycles. The van der Waals surface area contributed by atoms with Crippen molar-refractivity contribution in [2.75, 3.05) is 0 Å². The third kappa shape index (κ3) is 3.41. The fourth-order valence-electron chi connectivity index (χ4n) is 1.70. The maximum Gasteiger partial charge on any atom is 0.219 e. The smallest absolute Gasteiger partial charge is 0.219 e. The van der Waals surface area contributed by atoms with Crippen LogP contribution in [0, 0.1) is 13.8 Å². The van der Waals surface area contributed by atoms with Gasteiger partial charge in [-0.05, 0) is 42.7 Å². The van der Waals surface area contributed by atoms with Crippen molar-refractivity contribution in [2.45, 2.75) is 19.7 Å². The van der Waals surface area contributed by atoms with Crippen molar-refractivity contribution in [3.8, 4) is 11.6 Å². The van der Waals surface area contributed by atoms with Crippen LogP contribution in [0.15, 0.2) is 28.9 Å². The standard InChI is InChI=1S/C14H12BrCl2NO/c1-8-3-11(4-9(2)14(8)15)19-13-5-10(6-16)12(17)7-18-13/h3-5,7H,6H2,1-2H3. The molecule has 100 valence electrons. The highest BCUT2D eigenvalue weighted by Crippen LogP contribution is 2.30. The molecule has 0 aliphatic carbocycles. The molecule has 0 saturated carbocycles. The van der Waals surface area contributed by atoms with Gasteiger partial charge >= 0.3 is 0 Å². The molecule has 1 aromatic heterocycles. The second-order valence-electron chi connectivity index (χ2n) is 4.22. The Hall–Kier alpha value is -0.770. The van der Waals surface area contributed by atoms with E-state index in [0.717, 1.165) is 26.9 Å². The Bertz CT molecular complexity index is 593. The van der Waals surface area contributed by atoms with Gasteiger partial charge in [0.2, 0.25) is 5.88 Å². The van der Waals surface area contributed by atoms with Gasteiger partial charge in [0.05, 0.1) is 5.02 Å². The first-order valence-electron chi connectivity index (χ1n) is 5.66. The number of aryl methyl sites for hydroxylation is 2. The summed E-state index contributed by atoms with van der Waals surface area (Å²) in [6.45, 7) is 4.03. The van der Waals surface area contributed by atoms with E-state index in [9.17, 15) is 0 Å². The molecule has 2 nitrogen and oxygen atoms in total. The predicted octanol–water partition coefficient (Wildman–Crippen LogP) is 5.65. The van der Waals surface area contributed by atoms with Gasteiger partial charge in [-0.2, -0.15) is 0 Å². The highest BCUT2D eigenvalue weighted by Gasteiger charge is 2.07. The van der Waals surface area contributed by atoms with Gasteiger partial charge in [-0.15, -0.1) is 11.6 Å². The normalized spacial score (nSPS) is 10.6. The molecule has 5 heteroatoms. The number of ether oxygens (including phenoxy) is 1. The van der Waals surface area contributed by atoms with Gasteiger partial charge in [-0.3, -0.25) is 0 Å². The van der Waals surface area contributed by atoms with Gasteiger partial charge in [0.15, 0.2) is 0 Å². The van der Waals surface area contributed by atoms with Crippen molar-refractivity contribution in [3.05, 3.63) is 50.6 Å². The number of hydrogen-bond acceptors (Lipinski definition) is 2. The van der Waals surface area contributed by atoms with Crippen LogP contribution in [0.4, 0.5) is 0 Å². The predicted molar refractivity (Wildman–Crippen MR) is 82.5 cm³/mol. The van der Waals surface area contributed by atoms with E-state index in [4.69, 9.17) is 27.9 Å². The lowest BCUT2D eigenvalue weighted by atomic mass is 10.1. The summed E-state index contributed by atoms with van der Waals surface area (Å²) in [5.74, 6) is 1.56. The fraction of sp³-hybridized carbons (Fsp3) is 0.214. The lowest BCUT2D eigenvalue weighted by molar-refractivity contribution is 0.461. The van der Waals surface area contributed by atoms with Crippen molar-refractivity contribution in [1.29, 1.82) is 0 Å². The fourth-order valence-corrected chi connectivity index (χ4v) is 2.39. The van der Waals surface area contributed by atoms with Crippen LogP contribution in [0.3, 0.4) is 0 Å². The molecule has 1 heterocycles. The molecule has 0 spiro atoms. The molecule has 0 aliphatic heterocycles. The molecule has 19 heavy (non-hydrogen) atoms. The van der Waals surface area contributed by atoms with Crippen LogP contribution >= 0.6 is 39.1 Å². The molecular formula is C14H12BrCl2NO. The zero-order chi connectivity index (χ0) is 14.0. The van der Waals surface area contributed by atoms with E-state index in [1.54, 1.807) is 12.3 Å². The molecule has 0 atom stereocenters. The minimum atomic E-state index is 0.329. The number of benzene rings is 1. The first kappa shape index (κ1) is 14.6. The van der Waals surface area contributed by atoms with E-state index >= 15 is 0 Å². The quantitative estimate of drug-likeness (QED) is 0.660. The number of halogens is 3. The lowest BCUT2D eigenvalue weighted by Gasteiger charge is -2.10. The maximum atomic E-state index is 5.96. The number of nitrogens with zero attached hydrogens (tertiary/aromatic N) is 1. The largest absolute Gasteiger partial charge is 0.439 e. The second kappa shape index (κ2) is 6.12. The minimum absolute atomic E-state index is 0.329. The zero-order valence-electron chi connectivity index (χ0n) is 10.5. The number of pyridine rings is 1. The maximum absolute atomic E-state index is 5.96. The number of hydrogen-bond donors (Lipinski definition) is 0. The van der Waals surface area contributed by atoms with Crippen molar-refractivity contribution >= 4 is 39.1 Å². The lowest BCUT2D eigenvalue weighted by Crippen LogP contribution is -1.92. The van der Waals surface area contributed by atoms with Crippen molar-refractivity contribution in [3.63, 3.8) is 0 Å². The Morgan fingerprint density at radius 3 is 2.42 bits per heavy atom. The SMILES string of the molecule is Cc1cc(Oc2cc(CCl)c(Cl)cn2)cc(C)c1Br. The molecule has 0 N–H and O–H groups in total. The number of rotatable bonds is 3.